The molecule has 3 rings (SSSR count). The summed E-state index contributed by atoms with van der Waals surface area (Å²) in [4.78, 5) is 11.0. The van der Waals surface area contributed by atoms with Crippen LogP contribution in [-0.4, -0.2) is 35.3 Å². The van der Waals surface area contributed by atoms with Crippen LogP contribution < -0.4 is 4.72 Å². The van der Waals surface area contributed by atoms with Crippen LogP contribution in [0.1, 0.15) is 23.3 Å². The van der Waals surface area contributed by atoms with Gasteiger partial charge < -0.3 is 5.11 Å². The van der Waals surface area contributed by atoms with Crippen molar-refractivity contribution in [2.75, 3.05) is 0 Å². The first-order chi connectivity index (χ1) is 9.95. The number of benzene rings is 1. The maximum absolute atomic E-state index is 12.0. The van der Waals surface area contributed by atoms with Crippen LogP contribution in [0.25, 0.3) is 5.69 Å². The summed E-state index contributed by atoms with van der Waals surface area (Å²) in [5.41, 5.74) is 0.523. The summed E-state index contributed by atoms with van der Waals surface area (Å²) in [7, 11) is -3.48. The average Bonchev–Trinajstić information content (AvgIpc) is 3.09. The zero-order chi connectivity index (χ0) is 15.0. The monoisotopic (exact) mass is 307 g/mol. The molecule has 1 aromatic carbocycles. The van der Waals surface area contributed by atoms with Crippen LogP contribution in [0.2, 0.25) is 0 Å². The summed E-state index contributed by atoms with van der Waals surface area (Å²) in [6.07, 6.45) is 3.26. The summed E-state index contributed by atoms with van der Waals surface area (Å²) in [6.45, 7) is 0. The van der Waals surface area contributed by atoms with Crippen LogP contribution in [0.15, 0.2) is 41.4 Å². The van der Waals surface area contributed by atoms with E-state index in [1.165, 1.54) is 29.1 Å². The van der Waals surface area contributed by atoms with Gasteiger partial charge in [-0.2, -0.15) is 5.10 Å². The van der Waals surface area contributed by atoms with Gasteiger partial charge in [-0.05, 0) is 43.2 Å². The first-order valence-electron chi connectivity index (χ1n) is 6.37. The minimum atomic E-state index is -3.48. The van der Waals surface area contributed by atoms with Gasteiger partial charge in [-0.3, -0.25) is 0 Å². The topological polar surface area (TPSA) is 101 Å². The van der Waals surface area contributed by atoms with E-state index in [1.807, 2.05) is 0 Å². The second kappa shape index (κ2) is 4.97. The number of hydrogen-bond acceptors (Lipinski definition) is 4. The lowest BCUT2D eigenvalue weighted by Gasteiger charge is -2.06. The van der Waals surface area contributed by atoms with Gasteiger partial charge in [-0.25, -0.2) is 22.6 Å². The third-order valence-electron chi connectivity index (χ3n) is 3.12. The molecule has 1 aliphatic carbocycles. The molecular weight excluding hydrogens is 294 g/mol. The van der Waals surface area contributed by atoms with E-state index in [0.717, 1.165) is 12.8 Å². The Morgan fingerprint density at radius 3 is 2.43 bits per heavy atom. The molecule has 0 atom stereocenters. The molecule has 21 heavy (non-hydrogen) atoms. The number of aromatic carboxylic acids is 1. The van der Waals surface area contributed by atoms with Crippen molar-refractivity contribution in [3.05, 3.63) is 42.2 Å². The number of rotatable bonds is 5. The molecule has 0 spiro atoms. The van der Waals surface area contributed by atoms with Crippen molar-refractivity contribution < 1.29 is 18.3 Å². The van der Waals surface area contributed by atoms with Crippen molar-refractivity contribution in [1.29, 1.82) is 0 Å². The second-order valence-electron chi connectivity index (χ2n) is 4.84. The molecule has 2 N–H and O–H groups in total. The van der Waals surface area contributed by atoms with E-state index in [-0.39, 0.29) is 16.6 Å². The average molecular weight is 307 g/mol. The molecule has 7 nitrogen and oxygen atoms in total. The van der Waals surface area contributed by atoms with Gasteiger partial charge in [0.25, 0.3) is 0 Å². The van der Waals surface area contributed by atoms with E-state index < -0.39 is 16.0 Å². The highest BCUT2D eigenvalue weighted by Crippen LogP contribution is 2.22. The fourth-order valence-corrected chi connectivity index (χ4v) is 3.15. The van der Waals surface area contributed by atoms with Gasteiger partial charge in [-0.1, -0.05) is 0 Å². The Morgan fingerprint density at radius 2 is 1.90 bits per heavy atom. The van der Waals surface area contributed by atoms with Crippen molar-refractivity contribution in [3.8, 4) is 5.69 Å². The zero-order valence-corrected chi connectivity index (χ0v) is 11.7. The molecule has 1 aliphatic rings. The first kappa shape index (κ1) is 13.8. The van der Waals surface area contributed by atoms with Crippen LogP contribution in [0, 0.1) is 0 Å². The predicted octanol–water partition coefficient (Wildman–Crippen LogP) is 1.01. The molecular formula is C13H13N3O4S. The van der Waals surface area contributed by atoms with Gasteiger partial charge in [0.05, 0.1) is 10.6 Å². The Balaban J connectivity index is 1.84. The highest BCUT2D eigenvalue weighted by Gasteiger charge is 2.27. The molecule has 1 heterocycles. The third-order valence-corrected chi connectivity index (χ3v) is 4.66. The number of carbonyl (C=O) groups is 1. The summed E-state index contributed by atoms with van der Waals surface area (Å²) in [5, 5.41) is 12.7. The van der Waals surface area contributed by atoms with Crippen molar-refractivity contribution in [3.63, 3.8) is 0 Å². The number of sulfonamides is 1. The van der Waals surface area contributed by atoms with Gasteiger partial charge in [0.1, 0.15) is 0 Å². The van der Waals surface area contributed by atoms with Crippen LogP contribution in [0.3, 0.4) is 0 Å². The standard InChI is InChI=1S/C13H13N3O4S/c17-13(18)12-7-8-16(14-12)10-3-5-11(6-4-10)21(19,20)15-9-1-2-9/h3-9,15H,1-2H2,(H,17,18). The number of hydrogen-bond donors (Lipinski definition) is 2. The second-order valence-corrected chi connectivity index (χ2v) is 6.55. The minimum absolute atomic E-state index is 0.0546. The molecule has 2 aromatic rings. The van der Waals surface area contributed by atoms with Crippen LogP contribution in [-0.2, 0) is 10.0 Å². The van der Waals surface area contributed by atoms with Gasteiger partial charge in [0.2, 0.25) is 10.0 Å². The summed E-state index contributed by atoms with van der Waals surface area (Å²) < 4.78 is 28.0. The quantitative estimate of drug-likeness (QED) is 0.858. The zero-order valence-electron chi connectivity index (χ0n) is 10.9. The Hall–Kier alpha value is -2.19. The van der Waals surface area contributed by atoms with E-state index in [1.54, 1.807) is 12.1 Å². The Labute approximate surface area is 121 Å². The maximum atomic E-state index is 12.0. The molecule has 0 radical (unpaired) electrons. The lowest BCUT2D eigenvalue weighted by atomic mass is 10.3. The third kappa shape index (κ3) is 2.96. The van der Waals surface area contributed by atoms with Crippen molar-refractivity contribution in [2.24, 2.45) is 0 Å². The van der Waals surface area contributed by atoms with Crippen LogP contribution >= 0.6 is 0 Å². The van der Waals surface area contributed by atoms with Crippen LogP contribution in [0.4, 0.5) is 0 Å². The van der Waals surface area contributed by atoms with E-state index >= 15 is 0 Å². The van der Waals surface area contributed by atoms with E-state index in [2.05, 4.69) is 9.82 Å². The Kier molecular flexibility index (Phi) is 3.26. The SMILES string of the molecule is O=C(O)c1ccn(-c2ccc(S(=O)(=O)NC3CC3)cc2)n1. The molecule has 8 heteroatoms. The molecule has 1 aromatic heterocycles. The predicted molar refractivity (Wildman–Crippen MR) is 73.9 cm³/mol. The van der Waals surface area contributed by atoms with Crippen molar-refractivity contribution in [2.45, 2.75) is 23.8 Å². The van der Waals surface area contributed by atoms with Crippen LogP contribution in [0.5, 0.6) is 0 Å². The summed E-state index contributed by atoms with van der Waals surface area (Å²) in [6, 6.07) is 7.55. The number of nitrogens with one attached hydrogen (secondary N) is 1. The van der Waals surface area contributed by atoms with Gasteiger partial charge in [-0.15, -0.1) is 0 Å². The summed E-state index contributed by atoms with van der Waals surface area (Å²) in [5.74, 6) is -1.11. The molecule has 0 saturated heterocycles. The van der Waals surface area contributed by atoms with E-state index in [9.17, 15) is 13.2 Å². The minimum Gasteiger partial charge on any atom is -0.476 e. The largest absolute Gasteiger partial charge is 0.476 e. The maximum Gasteiger partial charge on any atom is 0.356 e. The molecule has 0 aliphatic heterocycles. The molecule has 110 valence electrons. The normalized spacial score (nSPS) is 15.0. The fraction of sp³-hybridized carbons (Fsp3) is 0.231. The van der Waals surface area contributed by atoms with E-state index in [0.29, 0.717) is 5.69 Å². The smallest absolute Gasteiger partial charge is 0.356 e. The number of carboxylic acids is 1. The fourth-order valence-electron chi connectivity index (χ4n) is 1.85. The van der Waals surface area contributed by atoms with Gasteiger partial charge in [0, 0.05) is 12.2 Å². The highest BCUT2D eigenvalue weighted by molar-refractivity contribution is 7.89. The number of carboxylic acid groups (broad SMARTS) is 1. The van der Waals surface area contributed by atoms with Gasteiger partial charge >= 0.3 is 5.97 Å². The molecule has 0 amide bonds. The Bertz CT molecular complexity index is 776. The Morgan fingerprint density at radius 1 is 1.24 bits per heavy atom. The van der Waals surface area contributed by atoms with E-state index in [4.69, 9.17) is 5.11 Å². The molecule has 0 bridgehead atoms. The molecule has 1 fully saturated rings. The lowest BCUT2D eigenvalue weighted by molar-refractivity contribution is 0.0690. The summed E-state index contributed by atoms with van der Waals surface area (Å²) >= 11 is 0. The van der Waals surface area contributed by atoms with Crippen molar-refractivity contribution >= 4 is 16.0 Å². The highest BCUT2D eigenvalue weighted by atomic mass is 32.2. The number of aromatic nitrogens is 2. The van der Waals surface area contributed by atoms with Crippen molar-refractivity contribution in [1.82, 2.24) is 14.5 Å². The lowest BCUT2D eigenvalue weighted by Crippen LogP contribution is -2.25. The first-order valence-corrected chi connectivity index (χ1v) is 7.86. The molecule has 1 saturated carbocycles. The number of nitrogens with zero attached hydrogens (tertiary/aromatic N) is 2. The van der Waals surface area contributed by atoms with Gasteiger partial charge in [0.15, 0.2) is 5.69 Å². The molecule has 0 unspecified atom stereocenters.